The molecule has 4 rings (SSSR count). The van der Waals surface area contributed by atoms with Crippen molar-refractivity contribution in [1.29, 1.82) is 0 Å². The molecule has 4 aromatic rings. The fourth-order valence-corrected chi connectivity index (χ4v) is 2.84. The molecule has 8 heteroatoms. The molecule has 0 aliphatic carbocycles. The first-order chi connectivity index (χ1) is 14.3. The zero-order valence-electron chi connectivity index (χ0n) is 15.6. The first-order valence-electron chi connectivity index (χ1n) is 9.12. The first kappa shape index (κ1) is 18.3. The van der Waals surface area contributed by atoms with Crippen molar-refractivity contribution < 1.29 is 4.79 Å². The molecule has 1 N–H and O–H groups in total. The van der Waals surface area contributed by atoms with Gasteiger partial charge in [-0.2, -0.15) is 5.10 Å². The van der Waals surface area contributed by atoms with Crippen LogP contribution >= 0.6 is 0 Å². The summed E-state index contributed by atoms with van der Waals surface area (Å²) in [6.07, 6.45) is 8.70. The van der Waals surface area contributed by atoms with Crippen molar-refractivity contribution in [2.45, 2.75) is 13.1 Å². The summed E-state index contributed by atoms with van der Waals surface area (Å²) < 4.78 is 3.29. The number of hydrogen-bond donors (Lipinski definition) is 1. The van der Waals surface area contributed by atoms with E-state index in [1.165, 1.54) is 6.33 Å². The van der Waals surface area contributed by atoms with Crippen LogP contribution in [0.5, 0.6) is 0 Å². The zero-order chi connectivity index (χ0) is 19.9. The highest BCUT2D eigenvalue weighted by Crippen LogP contribution is 2.12. The molecule has 0 spiro atoms. The maximum absolute atomic E-state index is 12.4. The van der Waals surface area contributed by atoms with Gasteiger partial charge in [-0.1, -0.05) is 65.9 Å². The third-order valence-corrected chi connectivity index (χ3v) is 4.27. The molecule has 144 valence electrons. The minimum Gasteiger partial charge on any atom is -0.346 e. The molecular formula is C21H19N7O. The molecule has 0 fully saturated rings. The summed E-state index contributed by atoms with van der Waals surface area (Å²) in [5, 5.41) is 15.0. The molecule has 0 aliphatic heterocycles. The van der Waals surface area contributed by atoms with E-state index in [1.807, 2.05) is 66.7 Å². The van der Waals surface area contributed by atoms with Crippen molar-refractivity contribution in [2.75, 3.05) is 0 Å². The Kier molecular flexibility index (Phi) is 5.52. The second-order valence-corrected chi connectivity index (χ2v) is 6.29. The third kappa shape index (κ3) is 4.62. The number of aromatic nitrogens is 6. The van der Waals surface area contributed by atoms with E-state index in [1.54, 1.807) is 21.9 Å². The number of nitrogens with zero attached hydrogens (tertiary/aromatic N) is 6. The van der Waals surface area contributed by atoms with E-state index in [-0.39, 0.29) is 11.6 Å². The van der Waals surface area contributed by atoms with Crippen molar-refractivity contribution in [3.63, 3.8) is 0 Å². The largest absolute Gasteiger partial charge is 0.346 e. The van der Waals surface area contributed by atoms with E-state index in [2.05, 4.69) is 25.7 Å². The van der Waals surface area contributed by atoms with Gasteiger partial charge < -0.3 is 5.32 Å². The van der Waals surface area contributed by atoms with E-state index in [9.17, 15) is 4.79 Å². The molecule has 29 heavy (non-hydrogen) atoms. The first-order valence-corrected chi connectivity index (χ1v) is 9.12. The number of benzene rings is 2. The van der Waals surface area contributed by atoms with E-state index in [4.69, 9.17) is 0 Å². The number of carbonyl (C=O) groups excluding carboxylic acids is 1. The Morgan fingerprint density at radius 3 is 2.72 bits per heavy atom. The lowest BCUT2D eigenvalue weighted by Crippen LogP contribution is -2.24. The number of amides is 1. The molecule has 8 nitrogen and oxygen atoms in total. The molecule has 0 unspecified atom stereocenters. The minimum atomic E-state index is -0.281. The number of para-hydroxylation sites is 1. The molecular weight excluding hydrogens is 366 g/mol. The van der Waals surface area contributed by atoms with Crippen LogP contribution in [-0.4, -0.2) is 35.7 Å². The SMILES string of the molecule is O=C(NCc1ccccc1-n1cncn1)c1cn(C/C=C/c2ccccc2)nn1. The van der Waals surface area contributed by atoms with Crippen molar-refractivity contribution >= 4 is 12.0 Å². The summed E-state index contributed by atoms with van der Waals surface area (Å²) in [6.45, 7) is 0.875. The summed E-state index contributed by atoms with van der Waals surface area (Å²) in [7, 11) is 0. The Labute approximate surface area is 167 Å². The predicted octanol–water partition coefficient (Wildman–Crippen LogP) is 2.50. The highest BCUT2D eigenvalue weighted by atomic mass is 16.2. The van der Waals surface area contributed by atoms with Crippen LogP contribution in [0.25, 0.3) is 11.8 Å². The number of rotatable bonds is 7. The van der Waals surface area contributed by atoms with Gasteiger partial charge >= 0.3 is 0 Å². The van der Waals surface area contributed by atoms with Gasteiger partial charge in [0.1, 0.15) is 12.7 Å². The molecule has 0 atom stereocenters. The van der Waals surface area contributed by atoms with E-state index in [0.717, 1.165) is 16.8 Å². The van der Waals surface area contributed by atoms with Gasteiger partial charge in [0.25, 0.3) is 5.91 Å². The fraction of sp³-hybridized carbons (Fsp3) is 0.0952. The van der Waals surface area contributed by atoms with Gasteiger partial charge in [0, 0.05) is 6.54 Å². The van der Waals surface area contributed by atoms with Crippen LogP contribution < -0.4 is 5.32 Å². The summed E-state index contributed by atoms with van der Waals surface area (Å²) in [5.41, 5.74) is 3.16. The lowest BCUT2D eigenvalue weighted by Gasteiger charge is -2.09. The van der Waals surface area contributed by atoms with E-state index >= 15 is 0 Å². The monoisotopic (exact) mass is 385 g/mol. The van der Waals surface area contributed by atoms with Crippen molar-refractivity contribution in [3.05, 3.63) is 96.3 Å². The Bertz CT molecular complexity index is 1100. The highest BCUT2D eigenvalue weighted by Gasteiger charge is 2.12. The molecule has 2 aromatic carbocycles. The van der Waals surface area contributed by atoms with E-state index < -0.39 is 0 Å². The van der Waals surface area contributed by atoms with Gasteiger partial charge in [0.2, 0.25) is 0 Å². The maximum Gasteiger partial charge on any atom is 0.273 e. The average molecular weight is 385 g/mol. The fourth-order valence-electron chi connectivity index (χ4n) is 2.84. The van der Waals surface area contributed by atoms with Gasteiger partial charge in [0.15, 0.2) is 5.69 Å². The van der Waals surface area contributed by atoms with Crippen LogP contribution in [-0.2, 0) is 13.1 Å². The molecule has 0 saturated carbocycles. The lowest BCUT2D eigenvalue weighted by molar-refractivity contribution is 0.0946. The molecule has 0 saturated heterocycles. The summed E-state index contributed by atoms with van der Waals surface area (Å²) in [4.78, 5) is 16.4. The molecule has 2 heterocycles. The van der Waals surface area contributed by atoms with Crippen molar-refractivity contribution in [3.8, 4) is 5.69 Å². The number of hydrogen-bond acceptors (Lipinski definition) is 5. The smallest absolute Gasteiger partial charge is 0.273 e. The standard InChI is InChI=1S/C21H19N7O/c29-21(23-13-18-10-4-5-11-20(18)28-16-22-15-24-28)19-14-27(26-25-19)12-6-9-17-7-2-1-3-8-17/h1-11,14-16H,12-13H2,(H,23,29)/b9-6+. The topological polar surface area (TPSA) is 90.5 Å². The van der Waals surface area contributed by atoms with Crippen LogP contribution in [0.2, 0.25) is 0 Å². The van der Waals surface area contributed by atoms with Crippen LogP contribution in [0.3, 0.4) is 0 Å². The molecule has 0 aliphatic rings. The molecule has 0 bridgehead atoms. The van der Waals surface area contributed by atoms with E-state index in [0.29, 0.717) is 13.1 Å². The number of allylic oxidation sites excluding steroid dienone is 1. The Balaban J connectivity index is 1.36. The summed E-state index contributed by atoms with van der Waals surface area (Å²) in [5.74, 6) is -0.281. The molecule has 0 radical (unpaired) electrons. The normalized spacial score (nSPS) is 11.0. The van der Waals surface area contributed by atoms with Gasteiger partial charge in [-0.15, -0.1) is 5.10 Å². The Morgan fingerprint density at radius 1 is 1.07 bits per heavy atom. The summed E-state index contributed by atoms with van der Waals surface area (Å²) >= 11 is 0. The third-order valence-electron chi connectivity index (χ3n) is 4.27. The van der Waals surface area contributed by atoms with Crippen LogP contribution in [0, 0.1) is 0 Å². The molecule has 1 amide bonds. The van der Waals surface area contributed by atoms with Crippen LogP contribution in [0.15, 0.2) is 79.5 Å². The Hall–Kier alpha value is -4.07. The van der Waals surface area contributed by atoms with Gasteiger partial charge in [-0.05, 0) is 17.2 Å². The van der Waals surface area contributed by atoms with Crippen molar-refractivity contribution in [1.82, 2.24) is 35.1 Å². The molecule has 2 aromatic heterocycles. The number of nitrogens with one attached hydrogen (secondary N) is 1. The van der Waals surface area contributed by atoms with Crippen LogP contribution in [0.4, 0.5) is 0 Å². The van der Waals surface area contributed by atoms with Gasteiger partial charge in [0.05, 0.1) is 18.4 Å². The highest BCUT2D eigenvalue weighted by molar-refractivity contribution is 5.91. The quantitative estimate of drug-likeness (QED) is 0.528. The Morgan fingerprint density at radius 2 is 1.90 bits per heavy atom. The summed E-state index contributed by atoms with van der Waals surface area (Å²) in [6, 6.07) is 17.7. The second-order valence-electron chi connectivity index (χ2n) is 6.29. The van der Waals surface area contributed by atoms with Crippen LogP contribution in [0.1, 0.15) is 21.6 Å². The van der Waals surface area contributed by atoms with Gasteiger partial charge in [-0.3, -0.25) is 4.79 Å². The second kappa shape index (κ2) is 8.75. The lowest BCUT2D eigenvalue weighted by atomic mass is 10.2. The zero-order valence-corrected chi connectivity index (χ0v) is 15.6. The van der Waals surface area contributed by atoms with Gasteiger partial charge in [-0.25, -0.2) is 14.3 Å². The predicted molar refractivity (Wildman–Crippen MR) is 108 cm³/mol. The average Bonchev–Trinajstić information content (AvgIpc) is 3.45. The van der Waals surface area contributed by atoms with Crippen molar-refractivity contribution in [2.24, 2.45) is 0 Å². The maximum atomic E-state index is 12.4. The minimum absolute atomic E-state index is 0.274. The number of carbonyl (C=O) groups is 1.